The Morgan fingerprint density at radius 1 is 1.12 bits per heavy atom. The lowest BCUT2D eigenvalue weighted by molar-refractivity contribution is 0.0945. The molecule has 4 heterocycles. The van der Waals surface area contributed by atoms with E-state index in [-0.39, 0.29) is 17.8 Å². The van der Waals surface area contributed by atoms with Crippen molar-refractivity contribution in [3.63, 3.8) is 0 Å². The first kappa shape index (κ1) is 16.0. The molecule has 4 aromatic rings. The van der Waals surface area contributed by atoms with E-state index >= 15 is 0 Å². The highest BCUT2D eigenvalue weighted by molar-refractivity contribution is 5.92. The van der Waals surface area contributed by atoms with E-state index in [1.807, 2.05) is 28.9 Å². The van der Waals surface area contributed by atoms with Gasteiger partial charge in [-0.1, -0.05) is 12.1 Å². The summed E-state index contributed by atoms with van der Waals surface area (Å²) in [6.07, 6.45) is 5.34. The first-order valence-electron chi connectivity index (χ1n) is 8.07. The summed E-state index contributed by atoms with van der Waals surface area (Å²) < 4.78 is 3.25. The third-order valence-electron chi connectivity index (χ3n) is 4.03. The number of nitrogens with two attached hydrogens (primary N) is 1. The molecule has 0 unspecified atom stereocenters. The van der Waals surface area contributed by atoms with E-state index in [1.165, 1.54) is 10.5 Å². The number of pyridine rings is 2. The summed E-state index contributed by atoms with van der Waals surface area (Å²) in [7, 11) is 0. The molecule has 130 valence electrons. The summed E-state index contributed by atoms with van der Waals surface area (Å²) in [5.74, 6) is -0.423. The number of carbonyl (C=O) groups excluding carboxylic acids is 1. The number of imidazole rings is 1. The van der Waals surface area contributed by atoms with E-state index in [0.717, 1.165) is 11.2 Å². The molecule has 26 heavy (non-hydrogen) atoms. The average Bonchev–Trinajstić information content (AvgIpc) is 3.08. The zero-order chi connectivity index (χ0) is 18.1. The van der Waals surface area contributed by atoms with Crippen LogP contribution in [-0.4, -0.2) is 24.7 Å². The number of fused-ring (bicyclic) bond motifs is 2. The Bertz CT molecular complexity index is 1180. The molecule has 0 aliphatic rings. The topological polar surface area (TPSA) is 107 Å². The Kier molecular flexibility index (Phi) is 3.94. The summed E-state index contributed by atoms with van der Waals surface area (Å²) in [5.41, 5.74) is 8.30. The smallest absolute Gasteiger partial charge is 0.270 e. The number of nitrogens with one attached hydrogen (secondary N) is 1. The lowest BCUT2D eigenvalue weighted by atomic mass is 10.3. The molecule has 8 nitrogen and oxygen atoms in total. The molecule has 0 saturated heterocycles. The number of amides is 1. The van der Waals surface area contributed by atoms with Crippen LogP contribution in [0.25, 0.3) is 11.3 Å². The fourth-order valence-corrected chi connectivity index (χ4v) is 2.73. The molecule has 0 aromatic carbocycles. The summed E-state index contributed by atoms with van der Waals surface area (Å²) in [4.78, 5) is 33.1. The minimum atomic E-state index is -0.423. The average molecular weight is 348 g/mol. The summed E-state index contributed by atoms with van der Waals surface area (Å²) in [6.45, 7) is 0.678. The number of hydrogen-bond acceptors (Lipinski definition) is 5. The monoisotopic (exact) mass is 348 g/mol. The summed E-state index contributed by atoms with van der Waals surface area (Å²) >= 11 is 0. The molecule has 0 atom stereocenters. The van der Waals surface area contributed by atoms with Gasteiger partial charge in [0.25, 0.3) is 11.5 Å². The first-order valence-corrected chi connectivity index (χ1v) is 8.07. The molecule has 0 aliphatic carbocycles. The molecule has 4 aromatic heterocycles. The molecule has 0 spiro atoms. The number of rotatable bonds is 4. The standard InChI is InChI=1S/C18H16N6O2/c19-8-12-4-5-15-21-13(11-23(15)10-12)9-20-18(26)14-7-17(25)24-6-2-1-3-16(24)22-14/h1-7,10-11H,8-9,19H2,(H,20,26). The van der Waals surface area contributed by atoms with Crippen LogP contribution >= 0.6 is 0 Å². The van der Waals surface area contributed by atoms with Crippen molar-refractivity contribution in [1.82, 2.24) is 24.1 Å². The van der Waals surface area contributed by atoms with Crippen molar-refractivity contribution in [1.29, 1.82) is 0 Å². The Hall–Kier alpha value is -3.52. The molecule has 4 rings (SSSR count). The highest BCUT2D eigenvalue weighted by atomic mass is 16.2. The van der Waals surface area contributed by atoms with E-state index in [4.69, 9.17) is 5.73 Å². The zero-order valence-corrected chi connectivity index (χ0v) is 13.8. The van der Waals surface area contributed by atoms with Crippen molar-refractivity contribution >= 4 is 17.2 Å². The van der Waals surface area contributed by atoms with E-state index in [2.05, 4.69) is 15.3 Å². The maximum atomic E-state index is 12.4. The second-order valence-corrected chi connectivity index (χ2v) is 5.83. The Morgan fingerprint density at radius 2 is 2.00 bits per heavy atom. The van der Waals surface area contributed by atoms with E-state index < -0.39 is 5.91 Å². The minimum Gasteiger partial charge on any atom is -0.345 e. The van der Waals surface area contributed by atoms with Gasteiger partial charge in [0.15, 0.2) is 0 Å². The first-order chi connectivity index (χ1) is 12.6. The largest absolute Gasteiger partial charge is 0.345 e. The number of carbonyl (C=O) groups is 1. The third-order valence-corrected chi connectivity index (χ3v) is 4.03. The molecular formula is C18H16N6O2. The third kappa shape index (κ3) is 2.93. The normalized spacial score (nSPS) is 11.1. The highest BCUT2D eigenvalue weighted by Gasteiger charge is 2.11. The van der Waals surface area contributed by atoms with Crippen LogP contribution < -0.4 is 16.6 Å². The van der Waals surface area contributed by atoms with Crippen LogP contribution in [0.3, 0.4) is 0 Å². The quantitative estimate of drug-likeness (QED) is 0.565. The molecule has 0 saturated carbocycles. The van der Waals surface area contributed by atoms with Gasteiger partial charge in [0.05, 0.1) is 12.2 Å². The minimum absolute atomic E-state index is 0.0791. The Morgan fingerprint density at radius 3 is 2.85 bits per heavy atom. The molecule has 0 fully saturated rings. The second kappa shape index (κ2) is 6.41. The summed E-state index contributed by atoms with van der Waals surface area (Å²) in [5, 5.41) is 2.75. The van der Waals surface area contributed by atoms with Crippen molar-refractivity contribution in [2.45, 2.75) is 13.1 Å². The van der Waals surface area contributed by atoms with Crippen LogP contribution in [0, 0.1) is 0 Å². The van der Waals surface area contributed by atoms with Gasteiger partial charge in [-0.3, -0.25) is 14.0 Å². The SMILES string of the molecule is NCc1ccc2nc(CNC(=O)c3cc(=O)n4ccccc4n3)cn2c1. The number of nitrogens with zero attached hydrogens (tertiary/aromatic N) is 4. The van der Waals surface area contributed by atoms with Gasteiger partial charge in [0.1, 0.15) is 17.0 Å². The second-order valence-electron chi connectivity index (χ2n) is 5.83. The van der Waals surface area contributed by atoms with E-state index in [9.17, 15) is 9.59 Å². The lowest BCUT2D eigenvalue weighted by Gasteiger charge is -2.04. The Labute approximate surface area is 147 Å². The van der Waals surface area contributed by atoms with Crippen LogP contribution in [0.2, 0.25) is 0 Å². The molecular weight excluding hydrogens is 332 g/mol. The highest BCUT2D eigenvalue weighted by Crippen LogP contribution is 2.08. The van der Waals surface area contributed by atoms with Gasteiger partial charge in [0, 0.05) is 31.2 Å². The van der Waals surface area contributed by atoms with Crippen molar-refractivity contribution in [2.24, 2.45) is 5.73 Å². The predicted octanol–water partition coefficient (Wildman–Crippen LogP) is 0.731. The van der Waals surface area contributed by atoms with E-state index in [1.54, 1.807) is 24.4 Å². The van der Waals surface area contributed by atoms with Gasteiger partial charge in [-0.2, -0.15) is 0 Å². The van der Waals surface area contributed by atoms with Crippen molar-refractivity contribution < 1.29 is 4.79 Å². The fourth-order valence-electron chi connectivity index (χ4n) is 2.73. The van der Waals surface area contributed by atoms with Gasteiger partial charge in [-0.15, -0.1) is 0 Å². The maximum absolute atomic E-state index is 12.4. The fraction of sp³-hybridized carbons (Fsp3) is 0.111. The Balaban J connectivity index is 1.54. The molecule has 3 N–H and O–H groups in total. The van der Waals surface area contributed by atoms with Crippen LogP contribution in [0.4, 0.5) is 0 Å². The van der Waals surface area contributed by atoms with Crippen LogP contribution in [0.15, 0.2) is 59.8 Å². The van der Waals surface area contributed by atoms with Crippen molar-refractivity contribution in [2.75, 3.05) is 0 Å². The lowest BCUT2D eigenvalue weighted by Crippen LogP contribution is -2.27. The van der Waals surface area contributed by atoms with E-state index in [0.29, 0.717) is 17.9 Å². The van der Waals surface area contributed by atoms with Crippen LogP contribution in [-0.2, 0) is 13.1 Å². The van der Waals surface area contributed by atoms with Gasteiger partial charge in [-0.05, 0) is 23.8 Å². The predicted molar refractivity (Wildman–Crippen MR) is 95.7 cm³/mol. The summed E-state index contributed by atoms with van der Waals surface area (Å²) in [6, 6.07) is 10.2. The molecule has 0 radical (unpaired) electrons. The molecule has 1 amide bonds. The molecule has 0 bridgehead atoms. The van der Waals surface area contributed by atoms with Crippen LogP contribution in [0.1, 0.15) is 21.7 Å². The molecule has 0 aliphatic heterocycles. The molecule has 8 heteroatoms. The van der Waals surface area contributed by atoms with Crippen LogP contribution in [0.5, 0.6) is 0 Å². The van der Waals surface area contributed by atoms with Crippen molar-refractivity contribution in [3.8, 4) is 0 Å². The zero-order valence-electron chi connectivity index (χ0n) is 13.8. The van der Waals surface area contributed by atoms with Gasteiger partial charge in [0.2, 0.25) is 0 Å². The van der Waals surface area contributed by atoms with Gasteiger partial charge < -0.3 is 15.5 Å². The van der Waals surface area contributed by atoms with Gasteiger partial charge in [-0.25, -0.2) is 9.97 Å². The van der Waals surface area contributed by atoms with Gasteiger partial charge >= 0.3 is 0 Å². The number of aromatic nitrogens is 4. The maximum Gasteiger partial charge on any atom is 0.270 e. The number of hydrogen-bond donors (Lipinski definition) is 2. The van der Waals surface area contributed by atoms with Crippen molar-refractivity contribution in [3.05, 3.63) is 82.3 Å².